The molecule has 2 aromatic heterocycles. The van der Waals surface area contributed by atoms with Gasteiger partial charge in [-0.25, -0.2) is 14.4 Å². The summed E-state index contributed by atoms with van der Waals surface area (Å²) in [4.78, 5) is 25.0. The van der Waals surface area contributed by atoms with Gasteiger partial charge in [0.15, 0.2) is 0 Å². The predicted molar refractivity (Wildman–Crippen MR) is 118 cm³/mol. The lowest BCUT2D eigenvalue weighted by atomic mass is 10.0. The van der Waals surface area contributed by atoms with E-state index in [1.807, 2.05) is 0 Å². The molecule has 3 aromatic rings. The van der Waals surface area contributed by atoms with E-state index in [-0.39, 0.29) is 17.5 Å². The molecule has 2 fully saturated rings. The quantitative estimate of drug-likeness (QED) is 0.543. The van der Waals surface area contributed by atoms with Crippen molar-refractivity contribution >= 4 is 16.9 Å². The number of carbonyl (C=O) groups excluding carboxylic acids is 1. The summed E-state index contributed by atoms with van der Waals surface area (Å²) < 4.78 is 21.3. The van der Waals surface area contributed by atoms with Gasteiger partial charge in [-0.3, -0.25) is 4.79 Å². The molecule has 32 heavy (non-hydrogen) atoms. The number of H-pyrrole nitrogens is 1. The number of aryl methyl sites for hydroxylation is 2. The van der Waals surface area contributed by atoms with Gasteiger partial charge in [0.2, 0.25) is 0 Å². The highest BCUT2D eigenvalue weighted by molar-refractivity contribution is 6.09. The summed E-state index contributed by atoms with van der Waals surface area (Å²) in [5.74, 6) is 0.254. The van der Waals surface area contributed by atoms with Crippen LogP contribution in [0, 0.1) is 25.6 Å². The average molecular weight is 439 g/mol. The first-order valence-corrected chi connectivity index (χ1v) is 11.2. The van der Waals surface area contributed by atoms with Crippen LogP contribution in [-0.2, 0) is 0 Å². The molecule has 8 heteroatoms. The Kier molecular flexibility index (Phi) is 5.33. The lowest BCUT2D eigenvalue weighted by molar-refractivity contribution is 0.0874. The Morgan fingerprint density at radius 3 is 2.78 bits per heavy atom. The number of rotatable bonds is 6. The van der Waals surface area contributed by atoms with E-state index in [1.165, 1.54) is 6.33 Å². The average Bonchev–Trinajstić information content (AvgIpc) is 3.42. The zero-order valence-corrected chi connectivity index (χ0v) is 18.2. The molecule has 0 saturated heterocycles. The summed E-state index contributed by atoms with van der Waals surface area (Å²) in [6.45, 7) is 4.03. The summed E-state index contributed by atoms with van der Waals surface area (Å²) in [5.41, 5.74) is 3.04. The van der Waals surface area contributed by atoms with E-state index in [0.717, 1.165) is 25.7 Å². The third-order valence-electron chi connectivity index (χ3n) is 6.50. The van der Waals surface area contributed by atoms with Crippen LogP contribution in [0.25, 0.3) is 22.3 Å². The number of ether oxygens (including phenoxy) is 1. The second-order valence-corrected chi connectivity index (χ2v) is 8.97. The van der Waals surface area contributed by atoms with E-state index >= 15 is 4.39 Å². The molecule has 2 heterocycles. The molecule has 3 N–H and O–H groups in total. The van der Waals surface area contributed by atoms with Crippen molar-refractivity contribution in [3.63, 3.8) is 0 Å². The molecule has 0 radical (unpaired) electrons. The second-order valence-electron chi connectivity index (χ2n) is 8.97. The SMILES string of the molecule is Cc1ccc(OCC2CC2)c(-c2ncnc3c(C(=O)N[C@@H]4CCC[C@H]4O)c(C)[nH]c23)c1F. The fourth-order valence-corrected chi connectivity index (χ4v) is 4.43. The number of aliphatic hydroxyl groups excluding tert-OH is 1. The minimum Gasteiger partial charge on any atom is -0.492 e. The maximum Gasteiger partial charge on any atom is 0.255 e. The first-order chi connectivity index (χ1) is 15.4. The molecule has 0 aliphatic heterocycles. The predicted octanol–water partition coefficient (Wildman–Crippen LogP) is 3.81. The van der Waals surface area contributed by atoms with Crippen LogP contribution in [0.2, 0.25) is 0 Å². The lowest BCUT2D eigenvalue weighted by Crippen LogP contribution is -2.40. The van der Waals surface area contributed by atoms with Crippen LogP contribution >= 0.6 is 0 Å². The van der Waals surface area contributed by atoms with Crippen LogP contribution in [0.3, 0.4) is 0 Å². The summed E-state index contributed by atoms with van der Waals surface area (Å²) >= 11 is 0. The Bertz CT molecular complexity index is 1190. The Hall–Kier alpha value is -3.00. The van der Waals surface area contributed by atoms with Crippen LogP contribution in [0.4, 0.5) is 4.39 Å². The number of benzene rings is 1. The summed E-state index contributed by atoms with van der Waals surface area (Å²) in [7, 11) is 0. The number of aromatic amines is 1. The Morgan fingerprint density at radius 1 is 1.25 bits per heavy atom. The molecule has 2 aliphatic carbocycles. The van der Waals surface area contributed by atoms with Crippen LogP contribution in [0.15, 0.2) is 18.5 Å². The van der Waals surface area contributed by atoms with Gasteiger partial charge in [-0.15, -0.1) is 0 Å². The van der Waals surface area contributed by atoms with E-state index in [1.54, 1.807) is 26.0 Å². The summed E-state index contributed by atoms with van der Waals surface area (Å²) in [6.07, 6.45) is 5.37. The molecule has 0 unspecified atom stereocenters. The van der Waals surface area contributed by atoms with Crippen molar-refractivity contribution in [2.45, 2.75) is 58.1 Å². The number of carbonyl (C=O) groups is 1. The van der Waals surface area contributed by atoms with Crippen molar-refractivity contribution in [2.75, 3.05) is 6.61 Å². The first-order valence-electron chi connectivity index (χ1n) is 11.2. The van der Waals surface area contributed by atoms with E-state index in [2.05, 4.69) is 20.3 Å². The van der Waals surface area contributed by atoms with Gasteiger partial charge in [-0.2, -0.15) is 0 Å². The zero-order valence-electron chi connectivity index (χ0n) is 18.2. The van der Waals surface area contributed by atoms with Gasteiger partial charge in [-0.05, 0) is 63.5 Å². The number of aliphatic hydroxyl groups is 1. The molecule has 1 aromatic carbocycles. The van der Waals surface area contributed by atoms with Crippen molar-refractivity contribution in [2.24, 2.45) is 5.92 Å². The Balaban J connectivity index is 1.57. The first kappa shape index (κ1) is 20.9. The normalized spacial score (nSPS) is 20.6. The van der Waals surface area contributed by atoms with Crippen molar-refractivity contribution < 1.29 is 19.0 Å². The molecule has 7 nitrogen and oxygen atoms in total. The highest BCUT2D eigenvalue weighted by Crippen LogP contribution is 2.39. The third-order valence-corrected chi connectivity index (χ3v) is 6.50. The zero-order chi connectivity index (χ0) is 22.4. The monoisotopic (exact) mass is 438 g/mol. The van der Waals surface area contributed by atoms with Crippen molar-refractivity contribution in [3.05, 3.63) is 41.1 Å². The smallest absolute Gasteiger partial charge is 0.255 e. The maximum atomic E-state index is 15.3. The molecule has 0 bridgehead atoms. The van der Waals surface area contributed by atoms with Gasteiger partial charge in [0.05, 0.1) is 35.4 Å². The Morgan fingerprint density at radius 2 is 2.06 bits per heavy atom. The lowest BCUT2D eigenvalue weighted by Gasteiger charge is -2.16. The van der Waals surface area contributed by atoms with Crippen molar-refractivity contribution in [1.82, 2.24) is 20.3 Å². The van der Waals surface area contributed by atoms with E-state index < -0.39 is 11.9 Å². The summed E-state index contributed by atoms with van der Waals surface area (Å²) in [5, 5.41) is 13.0. The highest BCUT2D eigenvalue weighted by Gasteiger charge is 2.30. The number of nitrogens with zero attached hydrogens (tertiary/aromatic N) is 2. The topological polar surface area (TPSA) is 100 Å². The Labute approximate surface area is 185 Å². The van der Waals surface area contributed by atoms with Gasteiger partial charge < -0.3 is 20.1 Å². The number of hydrogen-bond acceptors (Lipinski definition) is 5. The minimum absolute atomic E-state index is 0.273. The molecular weight excluding hydrogens is 411 g/mol. The van der Waals surface area contributed by atoms with Gasteiger partial charge in [0.25, 0.3) is 5.91 Å². The largest absolute Gasteiger partial charge is 0.492 e. The van der Waals surface area contributed by atoms with E-state index in [4.69, 9.17) is 4.74 Å². The van der Waals surface area contributed by atoms with Crippen LogP contribution < -0.4 is 10.1 Å². The fraction of sp³-hybridized carbons (Fsp3) is 0.458. The second kappa shape index (κ2) is 8.16. The van der Waals surface area contributed by atoms with Crippen LogP contribution in [0.1, 0.15) is 53.7 Å². The molecule has 0 spiro atoms. The molecule has 2 saturated carbocycles. The molecule has 5 rings (SSSR count). The number of amides is 1. The van der Waals surface area contributed by atoms with Gasteiger partial charge in [0.1, 0.15) is 29.1 Å². The van der Waals surface area contributed by atoms with Crippen LogP contribution in [0.5, 0.6) is 5.75 Å². The number of nitrogens with one attached hydrogen (secondary N) is 2. The molecule has 2 atom stereocenters. The molecule has 168 valence electrons. The van der Waals surface area contributed by atoms with E-state index in [0.29, 0.717) is 58.2 Å². The number of hydrogen-bond donors (Lipinski definition) is 3. The van der Waals surface area contributed by atoms with Gasteiger partial charge in [0, 0.05) is 5.69 Å². The maximum absolute atomic E-state index is 15.3. The summed E-state index contributed by atoms with van der Waals surface area (Å²) in [6, 6.07) is 3.20. The number of fused-ring (bicyclic) bond motifs is 1. The van der Waals surface area contributed by atoms with Crippen LogP contribution in [-0.4, -0.2) is 44.7 Å². The minimum atomic E-state index is -0.540. The van der Waals surface area contributed by atoms with Crippen molar-refractivity contribution in [3.8, 4) is 17.0 Å². The molecule has 2 aliphatic rings. The number of aromatic nitrogens is 3. The molecule has 1 amide bonds. The fourth-order valence-electron chi connectivity index (χ4n) is 4.43. The number of halogens is 1. The van der Waals surface area contributed by atoms with Crippen molar-refractivity contribution in [1.29, 1.82) is 0 Å². The van der Waals surface area contributed by atoms with Gasteiger partial charge >= 0.3 is 0 Å². The standard InChI is InChI=1S/C24H27FN4O3/c1-12-6-9-17(32-10-14-7-8-14)19(20(12)25)22-23-21(26-11-27-22)18(13(2)28-23)24(31)29-15-4-3-5-16(15)30/h6,9,11,14-16,28,30H,3-5,7-8,10H2,1-2H3,(H,29,31)/t15-,16-/m1/s1. The molecular formula is C24H27FN4O3. The third kappa shape index (κ3) is 3.72. The highest BCUT2D eigenvalue weighted by atomic mass is 19.1. The van der Waals surface area contributed by atoms with Gasteiger partial charge in [-0.1, -0.05) is 6.07 Å². The van der Waals surface area contributed by atoms with E-state index in [9.17, 15) is 9.90 Å².